The van der Waals surface area contributed by atoms with Crippen LogP contribution in [0.15, 0.2) is 40.7 Å². The molecule has 0 radical (unpaired) electrons. The van der Waals surface area contributed by atoms with E-state index in [1.54, 1.807) is 24.2 Å². The first-order valence-electron chi connectivity index (χ1n) is 21.6. The number of hydrogen-bond acceptors (Lipinski definition) is 15. The normalized spacial score (nSPS) is 39.9. The molecule has 7 heterocycles. The van der Waals surface area contributed by atoms with Gasteiger partial charge in [0.25, 0.3) is 0 Å². The van der Waals surface area contributed by atoms with Crippen LogP contribution in [0.2, 0.25) is 0 Å². The second-order valence-corrected chi connectivity index (χ2v) is 18.2. The van der Waals surface area contributed by atoms with E-state index in [1.807, 2.05) is 71.8 Å². The Hall–Kier alpha value is -3.80. The number of carbonyl (C=O) groups is 2. The average Bonchev–Trinajstić information content (AvgIpc) is 3.36. The SMILES string of the molecule is CC[C@@H]1OC(=O)[C@H](C)[C@H]2OCC(=NOCc3ccnc4cccnc34)CO[C@](C)(C[C@@H](C)C3=NCCN4C(=O)O[C@@]1(C)[C@H]4[C@H]3C)[C@@H](O[C@H]1O[C@@H](C)C[C@@H](N(C)C)[C@@H]1O)[C@@H]2C. The molecule has 5 aliphatic heterocycles. The molecule has 4 saturated heterocycles. The maximum Gasteiger partial charge on any atom is 0.410 e. The number of aliphatic hydroxyl groups is 1. The van der Waals surface area contributed by atoms with Gasteiger partial charge < -0.3 is 43.3 Å². The topological polar surface area (TPSA) is 176 Å². The number of aliphatic imine (C=N–C) groups is 1. The largest absolute Gasteiger partial charge is 0.458 e. The van der Waals surface area contributed by atoms with Crippen molar-refractivity contribution in [2.45, 2.75) is 141 Å². The number of aliphatic hydroxyl groups excluding tert-OH is 1. The second kappa shape index (κ2) is 17.9. The Kier molecular flexibility index (Phi) is 13.2. The van der Waals surface area contributed by atoms with Gasteiger partial charge in [-0.2, -0.15) is 0 Å². The van der Waals surface area contributed by atoms with E-state index in [0.717, 1.165) is 22.3 Å². The van der Waals surface area contributed by atoms with Gasteiger partial charge in [-0.1, -0.05) is 32.9 Å². The molecule has 14 atom stereocenters. The van der Waals surface area contributed by atoms with E-state index in [0.29, 0.717) is 38.1 Å². The molecule has 330 valence electrons. The van der Waals surface area contributed by atoms with Crippen LogP contribution >= 0.6 is 0 Å². The summed E-state index contributed by atoms with van der Waals surface area (Å²) in [5.74, 6) is -2.29. The predicted octanol–water partition coefficient (Wildman–Crippen LogP) is 4.79. The van der Waals surface area contributed by atoms with Crippen molar-refractivity contribution in [1.29, 1.82) is 0 Å². The highest BCUT2D eigenvalue weighted by atomic mass is 16.7. The molecule has 60 heavy (non-hydrogen) atoms. The van der Waals surface area contributed by atoms with Crippen molar-refractivity contribution in [2.24, 2.45) is 33.8 Å². The van der Waals surface area contributed by atoms with Gasteiger partial charge in [0.2, 0.25) is 0 Å². The maximum atomic E-state index is 14.6. The molecule has 16 nitrogen and oxygen atoms in total. The number of ether oxygens (including phenoxy) is 6. The van der Waals surface area contributed by atoms with Crippen molar-refractivity contribution in [3.8, 4) is 0 Å². The van der Waals surface area contributed by atoms with Crippen LogP contribution in [-0.2, 0) is 44.7 Å². The number of carbonyl (C=O) groups excluding carboxylic acids is 2. The van der Waals surface area contributed by atoms with Crippen LogP contribution in [0.4, 0.5) is 4.79 Å². The van der Waals surface area contributed by atoms with E-state index < -0.39 is 71.8 Å². The highest BCUT2D eigenvalue weighted by molar-refractivity contribution is 5.91. The number of cyclic esters (lactones) is 1. The second-order valence-electron chi connectivity index (χ2n) is 18.2. The lowest BCUT2D eigenvalue weighted by Gasteiger charge is -2.48. The number of esters is 1. The van der Waals surface area contributed by atoms with Gasteiger partial charge in [0.15, 0.2) is 11.9 Å². The van der Waals surface area contributed by atoms with Gasteiger partial charge in [-0.3, -0.25) is 24.7 Å². The van der Waals surface area contributed by atoms with Crippen molar-refractivity contribution in [1.82, 2.24) is 19.8 Å². The number of hydrogen-bond donors (Lipinski definition) is 1. The van der Waals surface area contributed by atoms with E-state index in [4.69, 9.17) is 38.3 Å². The van der Waals surface area contributed by atoms with Gasteiger partial charge in [0.05, 0.1) is 66.7 Å². The zero-order chi connectivity index (χ0) is 43.1. The fourth-order valence-corrected chi connectivity index (χ4v) is 10.6. The summed E-state index contributed by atoms with van der Waals surface area (Å²) in [6.45, 7) is 16.7. The molecule has 0 aliphatic carbocycles. The fraction of sp³-hybridized carbons (Fsp3) is 0.727. The summed E-state index contributed by atoms with van der Waals surface area (Å²) in [4.78, 5) is 51.9. The number of rotatable bonds is 7. The smallest absolute Gasteiger partial charge is 0.410 e. The molecule has 2 aromatic rings. The van der Waals surface area contributed by atoms with Crippen molar-refractivity contribution < 1.29 is 48.0 Å². The summed E-state index contributed by atoms with van der Waals surface area (Å²) in [5, 5.41) is 16.4. The zero-order valence-electron chi connectivity index (χ0n) is 36.8. The Morgan fingerprint density at radius 2 is 1.83 bits per heavy atom. The average molecular weight is 837 g/mol. The first-order chi connectivity index (χ1) is 28.6. The van der Waals surface area contributed by atoms with Crippen molar-refractivity contribution >= 4 is 34.5 Å². The van der Waals surface area contributed by atoms with Gasteiger partial charge in [-0.25, -0.2) is 4.79 Å². The number of nitrogens with zero attached hydrogens (tertiary/aromatic N) is 6. The molecule has 1 N–H and O–H groups in total. The first kappa shape index (κ1) is 44.3. The fourth-order valence-electron chi connectivity index (χ4n) is 10.6. The van der Waals surface area contributed by atoms with Gasteiger partial charge >= 0.3 is 12.1 Å². The van der Waals surface area contributed by atoms with Crippen LogP contribution in [0.3, 0.4) is 0 Å². The predicted molar refractivity (Wildman–Crippen MR) is 222 cm³/mol. The third-order valence-electron chi connectivity index (χ3n) is 13.5. The van der Waals surface area contributed by atoms with Crippen molar-refractivity contribution in [3.05, 3.63) is 36.2 Å². The number of oxime groups is 1. The summed E-state index contributed by atoms with van der Waals surface area (Å²) in [6, 6.07) is 4.92. The summed E-state index contributed by atoms with van der Waals surface area (Å²) in [7, 11) is 3.87. The highest BCUT2D eigenvalue weighted by Crippen LogP contribution is 2.45. The van der Waals surface area contributed by atoms with Gasteiger partial charge in [-0.05, 0) is 85.2 Å². The maximum absolute atomic E-state index is 14.6. The van der Waals surface area contributed by atoms with Crippen LogP contribution in [-0.4, -0.2) is 149 Å². The van der Waals surface area contributed by atoms with Crippen molar-refractivity contribution in [3.63, 3.8) is 0 Å². The number of fused-ring (bicyclic) bond motifs is 5. The van der Waals surface area contributed by atoms with Crippen LogP contribution in [0.25, 0.3) is 11.0 Å². The van der Waals surface area contributed by atoms with E-state index >= 15 is 0 Å². The molecule has 4 bridgehead atoms. The third kappa shape index (κ3) is 8.52. The summed E-state index contributed by atoms with van der Waals surface area (Å²) in [6.07, 6.45) is -0.0710. The minimum absolute atomic E-state index is 0.0122. The summed E-state index contributed by atoms with van der Waals surface area (Å²) in [5.41, 5.74) is 1.42. The Morgan fingerprint density at radius 3 is 2.58 bits per heavy atom. The lowest BCUT2D eigenvalue weighted by atomic mass is 9.72. The Bertz CT molecular complexity index is 1930. The minimum Gasteiger partial charge on any atom is -0.458 e. The molecular formula is C44H64N6O10. The highest BCUT2D eigenvalue weighted by Gasteiger charge is 2.60. The first-order valence-corrected chi connectivity index (χ1v) is 21.6. The molecule has 5 aliphatic rings. The standard InChI is InChI=1S/C44H64N6O10/c1-11-33-44(8)38-26(4)34(47-17-18-50(38)42(53)60-44)24(2)20-43(7)39(59-41-36(51)32(49(9)10)19-25(3)57-41)27(5)37(28(6)40(52)58-33)54-22-30(23-55-43)48-56-21-29-14-16-45-31-13-12-15-46-35(29)31/h12-16,24-28,32-33,36-39,41,51H,11,17-23H2,1-10H3/t24-,25+,26+,27-,28-,32-,33+,36+,37+,38-,39+,41-,43-,44-/m1/s1. The molecule has 16 heteroatoms. The van der Waals surface area contributed by atoms with Crippen LogP contribution in [0, 0.1) is 23.7 Å². The van der Waals surface area contributed by atoms with Crippen LogP contribution in [0.1, 0.15) is 80.2 Å². The monoisotopic (exact) mass is 836 g/mol. The van der Waals surface area contributed by atoms with E-state index in [9.17, 15) is 14.7 Å². The zero-order valence-corrected chi connectivity index (χ0v) is 36.8. The molecule has 4 fully saturated rings. The number of aromatic nitrogens is 2. The van der Waals surface area contributed by atoms with Crippen molar-refractivity contribution in [2.75, 3.05) is 40.4 Å². The Morgan fingerprint density at radius 1 is 1.05 bits per heavy atom. The van der Waals surface area contributed by atoms with Gasteiger partial charge in [0.1, 0.15) is 24.5 Å². The molecular weight excluding hydrogens is 773 g/mol. The van der Waals surface area contributed by atoms with E-state index in [-0.39, 0.29) is 43.8 Å². The molecule has 0 aromatic carbocycles. The number of amides is 1. The van der Waals surface area contributed by atoms with Gasteiger partial charge in [-0.15, -0.1) is 0 Å². The third-order valence-corrected chi connectivity index (χ3v) is 13.5. The Balaban J connectivity index is 1.31. The molecule has 0 unspecified atom stereocenters. The quantitative estimate of drug-likeness (QED) is 0.298. The summed E-state index contributed by atoms with van der Waals surface area (Å²) >= 11 is 0. The molecule has 0 spiro atoms. The molecule has 2 aromatic heterocycles. The van der Waals surface area contributed by atoms with E-state index in [1.165, 1.54) is 0 Å². The van der Waals surface area contributed by atoms with Crippen LogP contribution in [0.5, 0.6) is 0 Å². The molecule has 1 amide bonds. The Labute approximate surface area is 353 Å². The van der Waals surface area contributed by atoms with Gasteiger partial charge in [0, 0.05) is 48.1 Å². The molecule has 0 saturated carbocycles. The number of pyridine rings is 2. The molecule has 7 rings (SSSR count). The lowest BCUT2D eigenvalue weighted by molar-refractivity contribution is -0.302. The summed E-state index contributed by atoms with van der Waals surface area (Å²) < 4.78 is 39.9. The van der Waals surface area contributed by atoms with E-state index in [2.05, 4.69) is 29.0 Å². The minimum atomic E-state index is -1.14. The van der Waals surface area contributed by atoms with Crippen LogP contribution < -0.4 is 0 Å². The number of likely N-dealkylation sites (N-methyl/N-ethyl adjacent to an activating group) is 1. The lowest BCUT2D eigenvalue weighted by Crippen LogP contribution is -2.60.